The van der Waals surface area contributed by atoms with Gasteiger partial charge in [-0.25, -0.2) is 0 Å². The van der Waals surface area contributed by atoms with E-state index in [1.165, 1.54) is 77.0 Å². The molecule has 256 valence electrons. The highest BCUT2D eigenvalue weighted by molar-refractivity contribution is 6.14. The Morgan fingerprint density at radius 3 is 1.78 bits per heavy atom. The number of furan rings is 1. The van der Waals surface area contributed by atoms with Crippen LogP contribution in [0.4, 0.5) is 17.1 Å². The SMILES string of the molecule is c1ccc(N(c2ccc(-c3ccc4c(c3)C3(c5ccccc5-4)c4ccccc4-c4c3oc3ccccc43)cc2)c2cc3ccccc3c3ccccc23)cc1. The zero-order chi connectivity index (χ0) is 36.1. The molecule has 0 aliphatic heterocycles. The lowest BCUT2D eigenvalue weighted by Gasteiger charge is -2.28. The quantitative estimate of drug-likeness (QED) is 0.170. The molecule has 12 rings (SSSR count). The van der Waals surface area contributed by atoms with Crippen LogP contribution in [0.3, 0.4) is 0 Å². The van der Waals surface area contributed by atoms with Gasteiger partial charge in [0.1, 0.15) is 16.8 Å². The fourth-order valence-corrected chi connectivity index (χ4v) is 9.75. The summed E-state index contributed by atoms with van der Waals surface area (Å²) >= 11 is 0. The molecule has 0 radical (unpaired) electrons. The van der Waals surface area contributed by atoms with Crippen molar-refractivity contribution in [2.75, 3.05) is 4.90 Å². The zero-order valence-electron chi connectivity index (χ0n) is 29.9. The first-order chi connectivity index (χ1) is 27.3. The average Bonchev–Trinajstić information content (AvgIpc) is 3.88. The normalized spacial score (nSPS) is 15.0. The Bertz CT molecular complexity index is 3160. The van der Waals surface area contributed by atoms with Gasteiger partial charge in [0, 0.05) is 27.7 Å². The third kappa shape index (κ3) is 4.14. The van der Waals surface area contributed by atoms with Crippen LogP contribution in [-0.4, -0.2) is 0 Å². The zero-order valence-corrected chi connectivity index (χ0v) is 29.9. The molecule has 0 amide bonds. The summed E-state index contributed by atoms with van der Waals surface area (Å²) in [6.45, 7) is 0. The maximum atomic E-state index is 6.97. The van der Waals surface area contributed by atoms with Gasteiger partial charge in [-0.2, -0.15) is 0 Å². The number of hydrogen-bond donors (Lipinski definition) is 0. The molecule has 2 heteroatoms. The maximum Gasteiger partial charge on any atom is 0.135 e. The summed E-state index contributed by atoms with van der Waals surface area (Å²) in [4.78, 5) is 2.39. The lowest BCUT2D eigenvalue weighted by molar-refractivity contribution is 0.507. The summed E-state index contributed by atoms with van der Waals surface area (Å²) in [5, 5.41) is 6.13. The molecule has 0 fully saturated rings. The Hall–Kier alpha value is -7.16. The van der Waals surface area contributed by atoms with Gasteiger partial charge in [-0.05, 0) is 103 Å². The predicted octanol–water partition coefficient (Wildman–Crippen LogP) is 14.2. The number of nitrogens with zero attached hydrogens (tertiary/aromatic N) is 1. The summed E-state index contributed by atoms with van der Waals surface area (Å²) in [7, 11) is 0. The molecule has 1 atom stereocenters. The Morgan fingerprint density at radius 1 is 0.382 bits per heavy atom. The van der Waals surface area contributed by atoms with Crippen molar-refractivity contribution in [1.29, 1.82) is 0 Å². The van der Waals surface area contributed by atoms with Gasteiger partial charge < -0.3 is 9.32 Å². The van der Waals surface area contributed by atoms with Crippen LogP contribution in [-0.2, 0) is 5.41 Å². The highest BCUT2D eigenvalue weighted by Crippen LogP contribution is 2.64. The van der Waals surface area contributed by atoms with Crippen molar-refractivity contribution < 1.29 is 4.42 Å². The van der Waals surface area contributed by atoms with Gasteiger partial charge in [0.25, 0.3) is 0 Å². The molecule has 10 aromatic rings. The van der Waals surface area contributed by atoms with Crippen LogP contribution in [0.25, 0.3) is 65.9 Å². The van der Waals surface area contributed by atoms with Crippen LogP contribution < -0.4 is 4.90 Å². The van der Waals surface area contributed by atoms with Crippen molar-refractivity contribution in [2.45, 2.75) is 5.41 Å². The third-order valence-corrected chi connectivity index (χ3v) is 12.0. The van der Waals surface area contributed by atoms with Gasteiger partial charge in [0.15, 0.2) is 0 Å². The summed E-state index contributed by atoms with van der Waals surface area (Å²) in [6.07, 6.45) is 0. The first-order valence-corrected chi connectivity index (χ1v) is 19.0. The Balaban J connectivity index is 1.04. The molecular weight excluding hydrogens is 667 g/mol. The van der Waals surface area contributed by atoms with Crippen molar-refractivity contribution in [3.63, 3.8) is 0 Å². The fourth-order valence-electron chi connectivity index (χ4n) is 9.75. The van der Waals surface area contributed by atoms with Crippen LogP contribution in [0, 0.1) is 0 Å². The second-order valence-corrected chi connectivity index (χ2v) is 14.8. The van der Waals surface area contributed by atoms with E-state index in [2.05, 4.69) is 205 Å². The van der Waals surface area contributed by atoms with Crippen molar-refractivity contribution >= 4 is 49.6 Å². The first-order valence-electron chi connectivity index (χ1n) is 19.0. The molecule has 1 unspecified atom stereocenters. The topological polar surface area (TPSA) is 16.4 Å². The van der Waals surface area contributed by atoms with Crippen LogP contribution in [0.1, 0.15) is 22.5 Å². The predicted molar refractivity (Wildman–Crippen MR) is 228 cm³/mol. The van der Waals surface area contributed by atoms with Crippen molar-refractivity contribution in [3.05, 3.63) is 223 Å². The van der Waals surface area contributed by atoms with E-state index in [0.29, 0.717) is 0 Å². The van der Waals surface area contributed by atoms with Gasteiger partial charge in [-0.15, -0.1) is 0 Å². The van der Waals surface area contributed by atoms with Gasteiger partial charge in [0.05, 0.1) is 5.69 Å². The second-order valence-electron chi connectivity index (χ2n) is 14.8. The van der Waals surface area contributed by atoms with Gasteiger partial charge in [-0.1, -0.05) is 158 Å². The van der Waals surface area contributed by atoms with Crippen LogP contribution in [0.15, 0.2) is 205 Å². The van der Waals surface area contributed by atoms with Gasteiger partial charge in [-0.3, -0.25) is 0 Å². The minimum absolute atomic E-state index is 0.548. The third-order valence-electron chi connectivity index (χ3n) is 12.0. The molecule has 0 saturated heterocycles. The monoisotopic (exact) mass is 699 g/mol. The standard InChI is InChI=1S/C53H33NO/c1-2-15-37(16-3-1)54(49-33-36-14-4-5-17-39(36)40-18-6-7-20-43(40)49)38-29-26-34(27-30-38)35-28-31-42-41-19-8-11-23-46(41)53(48(42)32-35)47-24-12-9-21-44(47)51-45-22-10-13-25-50(45)55-52(51)53/h1-33H. The number of rotatable bonds is 4. The van der Waals surface area contributed by atoms with Crippen molar-refractivity contribution in [3.8, 4) is 33.4 Å². The smallest absolute Gasteiger partial charge is 0.135 e. The number of fused-ring (bicyclic) bond motifs is 15. The molecule has 9 aromatic carbocycles. The van der Waals surface area contributed by atoms with Crippen LogP contribution >= 0.6 is 0 Å². The van der Waals surface area contributed by atoms with Gasteiger partial charge in [0.2, 0.25) is 0 Å². The highest BCUT2D eigenvalue weighted by atomic mass is 16.3. The number of benzene rings is 9. The number of hydrogen-bond acceptors (Lipinski definition) is 2. The average molecular weight is 700 g/mol. The first kappa shape index (κ1) is 30.3. The summed E-state index contributed by atoms with van der Waals surface area (Å²) in [5.41, 5.74) is 15.0. The minimum atomic E-state index is -0.548. The largest absolute Gasteiger partial charge is 0.459 e. The Labute approximate surface area is 319 Å². The summed E-state index contributed by atoms with van der Waals surface area (Å²) < 4.78 is 6.97. The summed E-state index contributed by atoms with van der Waals surface area (Å²) in [6, 6.07) is 72.9. The van der Waals surface area contributed by atoms with Gasteiger partial charge >= 0.3 is 0 Å². The van der Waals surface area contributed by atoms with Crippen LogP contribution in [0.2, 0.25) is 0 Å². The van der Waals surface area contributed by atoms with E-state index in [0.717, 1.165) is 28.4 Å². The molecule has 1 spiro atoms. The number of anilines is 3. The summed E-state index contributed by atoms with van der Waals surface area (Å²) in [5.74, 6) is 1.02. The van der Waals surface area contributed by atoms with Crippen molar-refractivity contribution in [1.82, 2.24) is 0 Å². The molecule has 2 aliphatic rings. The minimum Gasteiger partial charge on any atom is -0.459 e. The fraction of sp³-hybridized carbons (Fsp3) is 0.0189. The molecule has 1 aromatic heterocycles. The molecule has 0 N–H and O–H groups in total. The molecule has 2 aliphatic carbocycles. The van der Waals surface area contributed by atoms with E-state index < -0.39 is 5.41 Å². The van der Waals surface area contributed by atoms with E-state index in [1.807, 2.05) is 0 Å². The van der Waals surface area contributed by atoms with Crippen molar-refractivity contribution in [2.24, 2.45) is 0 Å². The highest BCUT2D eigenvalue weighted by Gasteiger charge is 2.55. The molecule has 0 saturated carbocycles. The second kappa shape index (κ2) is 11.4. The van der Waals surface area contributed by atoms with E-state index in [1.54, 1.807) is 0 Å². The molecular formula is C53H33NO. The molecule has 2 nitrogen and oxygen atoms in total. The Morgan fingerprint density at radius 2 is 0.964 bits per heavy atom. The molecule has 0 bridgehead atoms. The van der Waals surface area contributed by atoms with E-state index >= 15 is 0 Å². The maximum absolute atomic E-state index is 6.97. The number of para-hydroxylation sites is 2. The lowest BCUT2D eigenvalue weighted by atomic mass is 9.73. The van der Waals surface area contributed by atoms with E-state index in [9.17, 15) is 0 Å². The molecule has 55 heavy (non-hydrogen) atoms. The van der Waals surface area contributed by atoms with Crippen LogP contribution in [0.5, 0.6) is 0 Å². The molecule has 1 heterocycles. The van der Waals surface area contributed by atoms with E-state index in [-0.39, 0.29) is 0 Å². The Kier molecular flexibility index (Phi) is 6.29. The lowest BCUT2D eigenvalue weighted by Crippen LogP contribution is -2.25. The van der Waals surface area contributed by atoms with E-state index in [4.69, 9.17) is 4.42 Å².